The van der Waals surface area contributed by atoms with Crippen LogP contribution in [0.3, 0.4) is 0 Å². The Balaban J connectivity index is 3.15. The van der Waals surface area contributed by atoms with Crippen LogP contribution in [0.25, 0.3) is 0 Å². The molecule has 1 aromatic carbocycles. The van der Waals surface area contributed by atoms with E-state index in [2.05, 4.69) is 6.55 Å². The van der Waals surface area contributed by atoms with E-state index in [1.807, 2.05) is 69.6 Å². The summed E-state index contributed by atoms with van der Waals surface area (Å²) in [6.07, 6.45) is 0.0789. The van der Waals surface area contributed by atoms with Gasteiger partial charge in [0.1, 0.15) is 0 Å². The number of hydrogen-bond acceptors (Lipinski definition) is 5. The molecule has 0 amide bonds. The minimum atomic E-state index is -2.72. The van der Waals surface area contributed by atoms with Crippen LogP contribution in [0, 0.1) is 0 Å². The van der Waals surface area contributed by atoms with E-state index in [-0.39, 0.29) is 6.23 Å². The van der Waals surface area contributed by atoms with Crippen molar-refractivity contribution in [3.05, 3.63) is 30.3 Å². The molecule has 138 valence electrons. The number of benzene rings is 1. The first-order valence-electron chi connectivity index (χ1n) is 8.17. The third-order valence-electron chi connectivity index (χ3n) is 3.57. The Labute approximate surface area is 150 Å². The van der Waals surface area contributed by atoms with Crippen molar-refractivity contribution in [1.82, 2.24) is 0 Å². The molecule has 1 N–H and O–H groups in total. The van der Waals surface area contributed by atoms with Crippen molar-refractivity contribution in [2.24, 2.45) is 0 Å². The van der Waals surface area contributed by atoms with Crippen molar-refractivity contribution in [2.45, 2.75) is 45.8 Å². The number of hydrogen-bond donors (Lipinski definition) is 1. The van der Waals surface area contributed by atoms with Crippen LogP contribution in [-0.4, -0.2) is 52.4 Å². The van der Waals surface area contributed by atoms with Gasteiger partial charge in [0.15, 0.2) is 0 Å². The fraction of sp³-hybridized carbons (Fsp3) is 0.600. The third kappa shape index (κ3) is 6.65. The van der Waals surface area contributed by atoms with Crippen molar-refractivity contribution < 1.29 is 21.9 Å². The zero-order valence-electron chi connectivity index (χ0n) is 16.2. The summed E-state index contributed by atoms with van der Waals surface area (Å²) in [6, 6.07) is 10.1. The lowest BCUT2D eigenvalue weighted by atomic mass is 10.4. The number of aliphatic hydroxyl groups is 1. The molecule has 0 fully saturated rings. The Bertz CT molecular complexity index is 524. The number of rotatable bonds is 9. The molecule has 0 aliphatic carbocycles. The lowest BCUT2D eigenvalue weighted by Crippen LogP contribution is -2.64. The van der Waals surface area contributed by atoms with Crippen molar-refractivity contribution >= 4 is 39.2 Å². The van der Waals surface area contributed by atoms with E-state index in [0.717, 1.165) is 5.19 Å². The van der Waals surface area contributed by atoms with Crippen LogP contribution >= 0.6 is 0 Å². The van der Waals surface area contributed by atoms with Gasteiger partial charge in [-0.15, -0.1) is 0 Å². The lowest BCUT2D eigenvalue weighted by molar-refractivity contribution is 0.264. The summed E-state index contributed by atoms with van der Waals surface area (Å²) in [4.78, 5) is 0. The highest BCUT2D eigenvalue weighted by molar-refractivity contribution is 6.94. The molecule has 9 heteroatoms. The van der Waals surface area contributed by atoms with Crippen molar-refractivity contribution in [2.75, 3.05) is 13.3 Å². The molecule has 0 radical (unpaired) electrons. The Hall–Kier alpha value is -0.112. The highest BCUT2D eigenvalue weighted by Crippen LogP contribution is 2.24. The van der Waals surface area contributed by atoms with E-state index < -0.39 is 34.0 Å². The molecule has 1 unspecified atom stereocenters. The summed E-state index contributed by atoms with van der Waals surface area (Å²) in [7, 11) is -7.95. The predicted octanol–water partition coefficient (Wildman–Crippen LogP) is 2.80. The van der Waals surface area contributed by atoms with Gasteiger partial charge in [-0.3, -0.25) is 0 Å². The fourth-order valence-electron chi connectivity index (χ4n) is 2.58. The van der Waals surface area contributed by atoms with E-state index in [4.69, 9.17) is 16.8 Å². The van der Waals surface area contributed by atoms with Crippen LogP contribution in [0.1, 0.15) is 0 Å². The predicted molar refractivity (Wildman–Crippen MR) is 107 cm³/mol. The van der Waals surface area contributed by atoms with Crippen LogP contribution in [0.4, 0.5) is 0 Å². The van der Waals surface area contributed by atoms with Gasteiger partial charge in [-0.2, -0.15) is 0 Å². The average molecular weight is 405 g/mol. The fourth-order valence-corrected chi connectivity index (χ4v) is 18.8. The third-order valence-corrected chi connectivity index (χ3v) is 17.9. The molecule has 5 nitrogen and oxygen atoms in total. The van der Waals surface area contributed by atoms with Gasteiger partial charge in [0.2, 0.25) is 8.32 Å². The monoisotopic (exact) mass is 404 g/mol. The molecular weight excluding hydrogens is 373 g/mol. The summed E-state index contributed by atoms with van der Waals surface area (Å²) >= 11 is 0. The maximum absolute atomic E-state index is 9.57. The second kappa shape index (κ2) is 8.06. The molecule has 24 heavy (non-hydrogen) atoms. The van der Waals surface area contributed by atoms with Crippen molar-refractivity contribution in [3.8, 4) is 0 Å². The molecule has 0 saturated carbocycles. The first-order chi connectivity index (χ1) is 10.8. The van der Waals surface area contributed by atoms with Gasteiger partial charge in [0, 0.05) is 7.11 Å². The molecule has 0 aromatic heterocycles. The molecule has 0 aliphatic rings. The zero-order chi connectivity index (χ0) is 18.6. The van der Waals surface area contributed by atoms with E-state index in [1.54, 1.807) is 7.11 Å². The molecule has 1 aromatic rings. The first-order valence-corrected chi connectivity index (χ1v) is 19.2. The van der Waals surface area contributed by atoms with Gasteiger partial charge in [-0.25, -0.2) is 0 Å². The standard InChI is InChI=1S/C15H32O5Si4/c1-17-22(4,5)19-24(8,15-12-10-9-11-13-15)20-23(6,7)18-21(2,3)14-16/h9-13,16H,14H2,1-8H3. The van der Waals surface area contributed by atoms with Crippen molar-refractivity contribution in [1.29, 1.82) is 0 Å². The number of aliphatic hydroxyl groups excluding tert-OH is 1. The lowest BCUT2D eigenvalue weighted by Gasteiger charge is -2.41. The quantitative estimate of drug-likeness (QED) is 0.641. The van der Waals surface area contributed by atoms with Crippen LogP contribution in [-0.2, 0) is 16.8 Å². The van der Waals surface area contributed by atoms with E-state index in [1.165, 1.54) is 0 Å². The van der Waals surface area contributed by atoms with Gasteiger partial charge in [-0.05, 0) is 51.0 Å². The van der Waals surface area contributed by atoms with Gasteiger partial charge in [0.25, 0.3) is 0 Å². The highest BCUT2D eigenvalue weighted by Gasteiger charge is 2.47. The molecular formula is C15H32O5Si4. The van der Waals surface area contributed by atoms with Gasteiger partial charge < -0.3 is 21.9 Å². The smallest absolute Gasteiger partial charge is 0.351 e. The maximum Gasteiger partial charge on any atom is 0.351 e. The molecule has 1 atom stereocenters. The van der Waals surface area contributed by atoms with E-state index in [9.17, 15) is 5.11 Å². The summed E-state index contributed by atoms with van der Waals surface area (Å²) in [5.74, 6) is 0. The van der Waals surface area contributed by atoms with E-state index in [0.29, 0.717) is 0 Å². The van der Waals surface area contributed by atoms with Crippen LogP contribution in [0.15, 0.2) is 30.3 Å². The van der Waals surface area contributed by atoms with Gasteiger partial charge in [-0.1, -0.05) is 30.3 Å². The summed E-state index contributed by atoms with van der Waals surface area (Å²) in [6.45, 7) is 14.1. The Morgan fingerprint density at radius 3 is 1.75 bits per heavy atom. The Morgan fingerprint density at radius 2 is 1.29 bits per heavy atom. The van der Waals surface area contributed by atoms with Gasteiger partial charge in [0.05, 0.1) is 6.23 Å². The SMILES string of the molecule is CO[Si](C)(C)O[Si](C)(O[Si](C)(C)O[Si](C)(C)CO)c1ccccc1. The second-order valence-electron chi connectivity index (χ2n) is 7.54. The molecule has 0 heterocycles. The minimum absolute atomic E-state index is 0.0789. The molecule has 1 rings (SSSR count). The summed E-state index contributed by atoms with van der Waals surface area (Å²) in [5.41, 5.74) is 0. The van der Waals surface area contributed by atoms with Gasteiger partial charge >= 0.3 is 25.7 Å². The summed E-state index contributed by atoms with van der Waals surface area (Å²) in [5, 5.41) is 10.6. The van der Waals surface area contributed by atoms with Crippen LogP contribution in [0.2, 0.25) is 45.8 Å². The topological polar surface area (TPSA) is 57.2 Å². The average Bonchev–Trinajstić information content (AvgIpc) is 2.46. The first kappa shape index (κ1) is 21.9. The largest absolute Gasteiger partial charge is 0.435 e. The molecule has 0 spiro atoms. The second-order valence-corrected chi connectivity index (χ2v) is 22.3. The zero-order valence-corrected chi connectivity index (χ0v) is 20.2. The van der Waals surface area contributed by atoms with E-state index >= 15 is 0 Å². The van der Waals surface area contributed by atoms with Crippen LogP contribution < -0.4 is 5.19 Å². The summed E-state index contributed by atoms with van der Waals surface area (Å²) < 4.78 is 25.0. The Morgan fingerprint density at radius 1 is 0.792 bits per heavy atom. The van der Waals surface area contributed by atoms with Crippen molar-refractivity contribution in [3.63, 3.8) is 0 Å². The maximum atomic E-state index is 9.57. The molecule has 0 bridgehead atoms. The van der Waals surface area contributed by atoms with Crippen LogP contribution in [0.5, 0.6) is 0 Å². The normalized spacial score (nSPS) is 16.0. The highest BCUT2D eigenvalue weighted by atomic mass is 28.5. The Kier molecular flexibility index (Phi) is 7.36. The molecule has 0 saturated heterocycles. The minimum Gasteiger partial charge on any atom is -0.435 e. The molecule has 0 aliphatic heterocycles.